The fourth-order valence-electron chi connectivity index (χ4n) is 4.74. The Morgan fingerprint density at radius 2 is 1.68 bits per heavy atom. The topological polar surface area (TPSA) is 102 Å². The molecular weight excluding hydrogens is 484 g/mol. The highest BCUT2D eigenvalue weighted by atomic mass is 16.6. The zero-order valence-corrected chi connectivity index (χ0v) is 20.9. The smallest absolute Gasteiger partial charge is 0.415 e. The van der Waals surface area contributed by atoms with Gasteiger partial charge in [-0.3, -0.25) is 4.79 Å². The third-order valence-corrected chi connectivity index (χ3v) is 6.66. The summed E-state index contributed by atoms with van der Waals surface area (Å²) in [6.45, 7) is 2.74. The first-order valence-corrected chi connectivity index (χ1v) is 12.4. The number of aryl methyl sites for hydroxylation is 1. The lowest BCUT2D eigenvalue weighted by Gasteiger charge is -2.18. The van der Waals surface area contributed by atoms with E-state index in [-0.39, 0.29) is 24.9 Å². The number of aliphatic carboxylic acids is 1. The molecule has 1 aromatic heterocycles. The maximum absolute atomic E-state index is 12.8. The summed E-state index contributed by atoms with van der Waals surface area (Å²) in [6, 6.07) is 26.1. The van der Waals surface area contributed by atoms with Crippen LogP contribution in [0.1, 0.15) is 29.4 Å². The maximum atomic E-state index is 12.8. The van der Waals surface area contributed by atoms with Crippen molar-refractivity contribution in [2.24, 2.45) is 5.92 Å². The van der Waals surface area contributed by atoms with Gasteiger partial charge in [0.25, 0.3) is 0 Å². The van der Waals surface area contributed by atoms with Crippen LogP contribution in [0.25, 0.3) is 11.5 Å². The van der Waals surface area contributed by atoms with E-state index in [1.165, 1.54) is 0 Å². The van der Waals surface area contributed by atoms with Gasteiger partial charge >= 0.3 is 12.1 Å². The monoisotopic (exact) mass is 512 g/mol. The number of carboxylic acid groups (broad SMARTS) is 1. The normalized spacial score (nSPS) is 16.8. The van der Waals surface area contributed by atoms with Crippen LogP contribution >= 0.6 is 0 Å². The van der Waals surface area contributed by atoms with Crippen LogP contribution in [-0.2, 0) is 11.4 Å². The lowest BCUT2D eigenvalue weighted by molar-refractivity contribution is -0.138. The first-order valence-electron chi connectivity index (χ1n) is 12.4. The number of para-hydroxylation sites is 1. The maximum Gasteiger partial charge on any atom is 0.415 e. The van der Waals surface area contributed by atoms with E-state index < -0.39 is 12.1 Å². The zero-order valence-electron chi connectivity index (χ0n) is 20.9. The predicted molar refractivity (Wildman–Crippen MR) is 140 cm³/mol. The molecule has 194 valence electrons. The molecule has 0 radical (unpaired) electrons. The number of benzene rings is 3. The SMILES string of the molecule is Cc1oc(-c2ccccc2)nc1COc1cccc([C@@H]2CN(C(=O)Oc3ccccc3)C[C@@H]2CC(=O)O)c1. The van der Waals surface area contributed by atoms with E-state index in [1.807, 2.05) is 67.6 Å². The molecule has 0 spiro atoms. The van der Waals surface area contributed by atoms with E-state index in [0.717, 1.165) is 11.1 Å². The molecule has 1 aliphatic heterocycles. The molecule has 38 heavy (non-hydrogen) atoms. The van der Waals surface area contributed by atoms with Crippen LogP contribution < -0.4 is 9.47 Å². The van der Waals surface area contributed by atoms with Crippen molar-refractivity contribution < 1.29 is 28.6 Å². The number of carboxylic acids is 1. The van der Waals surface area contributed by atoms with E-state index >= 15 is 0 Å². The average molecular weight is 513 g/mol. The molecule has 8 heteroatoms. The average Bonchev–Trinajstić information content (AvgIpc) is 3.52. The van der Waals surface area contributed by atoms with Gasteiger partial charge in [0.15, 0.2) is 0 Å². The van der Waals surface area contributed by atoms with Crippen molar-refractivity contribution in [1.29, 1.82) is 0 Å². The summed E-state index contributed by atoms with van der Waals surface area (Å²) in [6.07, 6.45) is -0.539. The Morgan fingerprint density at radius 1 is 0.974 bits per heavy atom. The summed E-state index contributed by atoms with van der Waals surface area (Å²) < 4.78 is 17.4. The summed E-state index contributed by atoms with van der Waals surface area (Å²) in [4.78, 5) is 30.5. The Labute approximate surface area is 220 Å². The molecule has 5 rings (SSSR count). The van der Waals surface area contributed by atoms with Gasteiger partial charge in [-0.2, -0.15) is 0 Å². The van der Waals surface area contributed by atoms with Crippen molar-refractivity contribution in [3.8, 4) is 23.0 Å². The van der Waals surface area contributed by atoms with Gasteiger partial charge in [-0.1, -0.05) is 48.5 Å². The molecule has 1 amide bonds. The van der Waals surface area contributed by atoms with Gasteiger partial charge in [-0.15, -0.1) is 0 Å². The van der Waals surface area contributed by atoms with E-state index in [1.54, 1.807) is 29.2 Å². The number of oxazole rings is 1. The third-order valence-electron chi connectivity index (χ3n) is 6.66. The number of hydrogen-bond donors (Lipinski definition) is 1. The summed E-state index contributed by atoms with van der Waals surface area (Å²) in [5.74, 6) is 0.982. The predicted octanol–water partition coefficient (Wildman–Crippen LogP) is 5.92. The summed E-state index contributed by atoms with van der Waals surface area (Å²) in [7, 11) is 0. The van der Waals surface area contributed by atoms with E-state index in [9.17, 15) is 14.7 Å². The van der Waals surface area contributed by atoms with Gasteiger partial charge in [0.2, 0.25) is 5.89 Å². The first kappa shape index (κ1) is 25.1. The van der Waals surface area contributed by atoms with Crippen molar-refractivity contribution in [2.75, 3.05) is 13.1 Å². The largest absolute Gasteiger partial charge is 0.487 e. The molecular formula is C30H28N2O6. The molecule has 0 unspecified atom stereocenters. The van der Waals surface area contributed by atoms with Crippen molar-refractivity contribution in [3.05, 3.63) is 102 Å². The van der Waals surface area contributed by atoms with E-state index in [0.29, 0.717) is 41.9 Å². The summed E-state index contributed by atoms with van der Waals surface area (Å²) in [5, 5.41) is 9.50. The van der Waals surface area contributed by atoms with Crippen molar-refractivity contribution >= 4 is 12.1 Å². The number of nitrogens with zero attached hydrogens (tertiary/aromatic N) is 2. The Kier molecular flexibility index (Phi) is 7.40. The van der Waals surface area contributed by atoms with Crippen LogP contribution in [0.5, 0.6) is 11.5 Å². The van der Waals surface area contributed by atoms with Gasteiger partial charge in [-0.05, 0) is 54.8 Å². The highest BCUT2D eigenvalue weighted by Gasteiger charge is 2.38. The fourth-order valence-corrected chi connectivity index (χ4v) is 4.74. The van der Waals surface area contributed by atoms with Crippen LogP contribution in [0.15, 0.2) is 89.3 Å². The summed E-state index contributed by atoms with van der Waals surface area (Å²) in [5.41, 5.74) is 2.50. The van der Waals surface area contributed by atoms with Crippen LogP contribution in [0.3, 0.4) is 0 Å². The Balaban J connectivity index is 1.28. The standard InChI is InChI=1S/C30H28N2O6/c1-20-27(31-29(37-20)21-9-4-2-5-10-21)19-36-25-14-8-11-22(15-25)26-18-32(17-23(26)16-28(33)34)30(35)38-24-12-6-3-7-13-24/h2-15,23,26H,16-19H2,1H3,(H,33,34)/t23-,26-/m0/s1. The van der Waals surface area contributed by atoms with E-state index in [2.05, 4.69) is 4.98 Å². The lowest BCUT2D eigenvalue weighted by atomic mass is 9.87. The number of amides is 1. The molecule has 1 aliphatic rings. The molecule has 3 aromatic carbocycles. The molecule has 2 heterocycles. The van der Waals surface area contributed by atoms with Crippen LogP contribution in [0.2, 0.25) is 0 Å². The molecule has 0 aliphatic carbocycles. The Morgan fingerprint density at radius 3 is 2.42 bits per heavy atom. The number of ether oxygens (including phenoxy) is 2. The molecule has 0 saturated carbocycles. The molecule has 8 nitrogen and oxygen atoms in total. The van der Waals surface area contributed by atoms with Gasteiger partial charge < -0.3 is 23.9 Å². The Hall–Kier alpha value is -4.59. The quantitative estimate of drug-likeness (QED) is 0.313. The van der Waals surface area contributed by atoms with E-state index in [4.69, 9.17) is 13.9 Å². The number of hydrogen-bond acceptors (Lipinski definition) is 6. The van der Waals surface area contributed by atoms with Crippen molar-refractivity contribution in [2.45, 2.75) is 25.9 Å². The third kappa shape index (κ3) is 5.86. The molecule has 0 bridgehead atoms. The lowest BCUT2D eigenvalue weighted by Crippen LogP contribution is -2.31. The molecule has 1 fully saturated rings. The first-order chi connectivity index (χ1) is 18.5. The number of rotatable bonds is 8. The van der Waals surface area contributed by atoms with Gasteiger partial charge in [0.1, 0.15) is 29.6 Å². The number of carbonyl (C=O) groups is 2. The minimum atomic E-state index is -0.901. The second kappa shape index (κ2) is 11.2. The highest BCUT2D eigenvalue weighted by molar-refractivity contribution is 5.72. The minimum absolute atomic E-state index is 0.0503. The molecule has 1 saturated heterocycles. The number of likely N-dealkylation sites (tertiary alicyclic amines) is 1. The second-order valence-electron chi connectivity index (χ2n) is 9.30. The number of aromatic nitrogens is 1. The molecule has 2 atom stereocenters. The van der Waals surface area contributed by atoms with Crippen LogP contribution in [0, 0.1) is 12.8 Å². The van der Waals surface area contributed by atoms with Gasteiger partial charge in [0, 0.05) is 24.6 Å². The zero-order chi connectivity index (χ0) is 26.5. The summed E-state index contributed by atoms with van der Waals surface area (Å²) >= 11 is 0. The van der Waals surface area contributed by atoms with Crippen molar-refractivity contribution in [1.82, 2.24) is 9.88 Å². The fraction of sp³-hybridized carbons (Fsp3) is 0.233. The minimum Gasteiger partial charge on any atom is -0.487 e. The Bertz CT molecular complexity index is 1400. The van der Waals surface area contributed by atoms with Gasteiger partial charge in [-0.25, -0.2) is 9.78 Å². The highest BCUT2D eigenvalue weighted by Crippen LogP contribution is 2.36. The van der Waals surface area contributed by atoms with Crippen LogP contribution in [0.4, 0.5) is 4.79 Å². The second-order valence-corrected chi connectivity index (χ2v) is 9.30. The van der Waals surface area contributed by atoms with Gasteiger partial charge in [0.05, 0.1) is 6.42 Å². The van der Waals surface area contributed by atoms with Crippen molar-refractivity contribution in [3.63, 3.8) is 0 Å². The molecule has 1 N–H and O–H groups in total. The van der Waals surface area contributed by atoms with Crippen LogP contribution in [-0.4, -0.2) is 40.1 Å². The number of carbonyl (C=O) groups excluding carboxylic acids is 1. The molecule has 4 aromatic rings.